The Balaban J connectivity index is 1.46. The van der Waals surface area contributed by atoms with Crippen LogP contribution in [0.25, 0.3) is 10.9 Å². The van der Waals surface area contributed by atoms with E-state index in [-0.39, 0.29) is 17.4 Å². The van der Waals surface area contributed by atoms with Gasteiger partial charge in [-0.15, -0.1) is 0 Å². The van der Waals surface area contributed by atoms with Crippen molar-refractivity contribution in [3.8, 4) is 5.75 Å². The molecule has 2 heterocycles. The van der Waals surface area contributed by atoms with E-state index < -0.39 is 18.2 Å². The predicted octanol–water partition coefficient (Wildman–Crippen LogP) is 3.51. The van der Waals surface area contributed by atoms with Crippen LogP contribution in [-0.4, -0.2) is 78.4 Å². The quantitative estimate of drug-likeness (QED) is 0.678. The highest BCUT2D eigenvalue weighted by Gasteiger charge is 2.25. The first-order valence-electron chi connectivity index (χ1n) is 10.7. The standard InChI is InChI=1S/C22H29F2N5O4/c1-22(2,3)33-21(31)29-13-11-28(12-14-29)10-9-26-20(30)27-16-6-7-17(32-19(23)24)18-15(16)5-4-8-25-18/h4-8,19H,9-14H2,1-3H3,(H2,26,27,30). The summed E-state index contributed by atoms with van der Waals surface area (Å²) >= 11 is 0. The molecule has 180 valence electrons. The smallest absolute Gasteiger partial charge is 0.410 e. The molecule has 1 aliphatic rings. The number of nitrogens with one attached hydrogen (secondary N) is 2. The molecule has 2 aromatic rings. The van der Waals surface area contributed by atoms with Gasteiger partial charge in [0.25, 0.3) is 0 Å². The van der Waals surface area contributed by atoms with Crippen molar-refractivity contribution in [2.75, 3.05) is 44.6 Å². The summed E-state index contributed by atoms with van der Waals surface area (Å²) < 4.78 is 35.1. The van der Waals surface area contributed by atoms with Crippen LogP contribution in [0.5, 0.6) is 5.75 Å². The number of ether oxygens (including phenoxy) is 2. The van der Waals surface area contributed by atoms with E-state index in [1.165, 1.54) is 18.3 Å². The van der Waals surface area contributed by atoms with Gasteiger partial charge in [0.1, 0.15) is 11.1 Å². The summed E-state index contributed by atoms with van der Waals surface area (Å²) in [5, 5.41) is 6.00. The van der Waals surface area contributed by atoms with Crippen molar-refractivity contribution in [1.82, 2.24) is 20.1 Å². The molecule has 0 atom stereocenters. The number of hydrogen-bond donors (Lipinski definition) is 2. The van der Waals surface area contributed by atoms with Crippen molar-refractivity contribution in [2.24, 2.45) is 0 Å². The summed E-state index contributed by atoms with van der Waals surface area (Å²) in [6.45, 7) is 6.06. The Hall–Kier alpha value is -3.21. The van der Waals surface area contributed by atoms with Crippen molar-refractivity contribution in [3.05, 3.63) is 30.5 Å². The van der Waals surface area contributed by atoms with Crippen molar-refractivity contribution >= 4 is 28.7 Å². The number of pyridine rings is 1. The number of carbonyl (C=O) groups is 2. The van der Waals surface area contributed by atoms with Gasteiger partial charge in [-0.05, 0) is 45.0 Å². The molecule has 0 unspecified atom stereocenters. The van der Waals surface area contributed by atoms with Crippen molar-refractivity contribution in [2.45, 2.75) is 33.0 Å². The van der Waals surface area contributed by atoms with E-state index in [1.54, 1.807) is 17.0 Å². The van der Waals surface area contributed by atoms with Crippen LogP contribution in [0.1, 0.15) is 20.8 Å². The largest absolute Gasteiger partial charge is 0.444 e. The Morgan fingerprint density at radius 2 is 1.88 bits per heavy atom. The number of carbonyl (C=O) groups excluding carboxylic acids is 2. The molecule has 1 aromatic heterocycles. The first-order chi connectivity index (χ1) is 15.6. The average Bonchev–Trinajstić information content (AvgIpc) is 2.74. The Bertz CT molecular complexity index is 975. The number of amides is 3. The summed E-state index contributed by atoms with van der Waals surface area (Å²) in [6, 6.07) is 5.74. The van der Waals surface area contributed by atoms with E-state index in [4.69, 9.17) is 4.74 Å². The number of piperazine rings is 1. The van der Waals surface area contributed by atoms with Crippen LogP contribution in [0, 0.1) is 0 Å². The molecule has 9 nitrogen and oxygen atoms in total. The number of aromatic nitrogens is 1. The number of alkyl halides is 2. The van der Waals surface area contributed by atoms with Gasteiger partial charge in [0, 0.05) is 50.9 Å². The fourth-order valence-corrected chi connectivity index (χ4v) is 3.42. The molecule has 11 heteroatoms. The Morgan fingerprint density at radius 3 is 2.55 bits per heavy atom. The fraction of sp³-hybridized carbons (Fsp3) is 0.500. The minimum Gasteiger partial charge on any atom is -0.444 e. The molecule has 33 heavy (non-hydrogen) atoms. The number of anilines is 1. The minimum absolute atomic E-state index is 0.0583. The zero-order valence-electron chi connectivity index (χ0n) is 18.9. The zero-order valence-corrected chi connectivity index (χ0v) is 18.9. The second kappa shape index (κ2) is 10.6. The van der Waals surface area contributed by atoms with Gasteiger partial charge in [-0.2, -0.15) is 8.78 Å². The molecule has 1 fully saturated rings. The Labute approximate surface area is 191 Å². The second-order valence-electron chi connectivity index (χ2n) is 8.58. The number of halogens is 2. The van der Waals surface area contributed by atoms with Gasteiger partial charge in [-0.3, -0.25) is 9.88 Å². The third-order valence-electron chi connectivity index (χ3n) is 4.93. The number of benzene rings is 1. The number of rotatable bonds is 6. The van der Waals surface area contributed by atoms with Crippen molar-refractivity contribution in [3.63, 3.8) is 0 Å². The number of fused-ring (bicyclic) bond motifs is 1. The van der Waals surface area contributed by atoms with Gasteiger partial charge in [-0.25, -0.2) is 9.59 Å². The Morgan fingerprint density at radius 1 is 1.15 bits per heavy atom. The molecule has 1 aromatic carbocycles. The van der Waals surface area contributed by atoms with Crippen LogP contribution in [0.2, 0.25) is 0 Å². The molecule has 3 rings (SSSR count). The summed E-state index contributed by atoms with van der Waals surface area (Å²) in [5.41, 5.74) is 0.144. The lowest BCUT2D eigenvalue weighted by Crippen LogP contribution is -2.51. The molecule has 2 N–H and O–H groups in total. The second-order valence-corrected chi connectivity index (χ2v) is 8.58. The molecule has 3 amide bonds. The number of urea groups is 1. The summed E-state index contributed by atoms with van der Waals surface area (Å²) in [7, 11) is 0. The normalized spacial score (nSPS) is 14.9. The van der Waals surface area contributed by atoms with Crippen molar-refractivity contribution < 1.29 is 27.8 Å². The van der Waals surface area contributed by atoms with Gasteiger partial charge < -0.3 is 25.0 Å². The highest BCUT2D eigenvalue weighted by Crippen LogP contribution is 2.30. The van der Waals surface area contributed by atoms with Crippen molar-refractivity contribution in [1.29, 1.82) is 0 Å². The molecule has 0 aliphatic carbocycles. The first kappa shape index (κ1) is 24.4. The summed E-state index contributed by atoms with van der Waals surface area (Å²) in [5.74, 6) is -0.0583. The molecular weight excluding hydrogens is 436 g/mol. The monoisotopic (exact) mass is 465 g/mol. The SMILES string of the molecule is CC(C)(C)OC(=O)N1CCN(CCNC(=O)Nc2ccc(OC(F)F)c3ncccc23)CC1. The average molecular weight is 466 g/mol. The lowest BCUT2D eigenvalue weighted by atomic mass is 10.1. The number of nitrogens with zero attached hydrogens (tertiary/aromatic N) is 3. The van der Waals surface area contributed by atoms with Gasteiger partial charge in [0.2, 0.25) is 0 Å². The van der Waals surface area contributed by atoms with Gasteiger partial charge in [-0.1, -0.05) is 0 Å². The molecule has 0 bridgehead atoms. The maximum absolute atomic E-state index is 12.6. The van der Waals surface area contributed by atoms with E-state index in [1.807, 2.05) is 20.8 Å². The minimum atomic E-state index is -2.97. The highest BCUT2D eigenvalue weighted by atomic mass is 19.3. The maximum atomic E-state index is 12.6. The third-order valence-corrected chi connectivity index (χ3v) is 4.93. The van der Waals surface area contributed by atoms with E-state index >= 15 is 0 Å². The lowest BCUT2D eigenvalue weighted by Gasteiger charge is -2.35. The molecule has 0 radical (unpaired) electrons. The van der Waals surface area contributed by atoms with E-state index in [0.717, 1.165) is 0 Å². The third kappa shape index (κ3) is 7.14. The van der Waals surface area contributed by atoms with Crippen LogP contribution >= 0.6 is 0 Å². The van der Waals surface area contributed by atoms with Gasteiger partial charge in [0.15, 0.2) is 5.75 Å². The molecule has 0 spiro atoms. The van der Waals surface area contributed by atoms with Crippen LogP contribution in [-0.2, 0) is 4.74 Å². The first-order valence-corrected chi connectivity index (χ1v) is 10.7. The summed E-state index contributed by atoms with van der Waals surface area (Å²) in [6.07, 6.45) is 1.15. The Kier molecular flexibility index (Phi) is 7.85. The molecular formula is C22H29F2N5O4. The van der Waals surface area contributed by atoms with E-state index in [9.17, 15) is 18.4 Å². The highest BCUT2D eigenvalue weighted by molar-refractivity contribution is 6.02. The predicted molar refractivity (Wildman–Crippen MR) is 120 cm³/mol. The topological polar surface area (TPSA) is 96.0 Å². The van der Waals surface area contributed by atoms with Crippen LogP contribution < -0.4 is 15.4 Å². The van der Waals surface area contributed by atoms with Crippen LogP contribution in [0.15, 0.2) is 30.5 Å². The maximum Gasteiger partial charge on any atom is 0.410 e. The van der Waals surface area contributed by atoms with E-state index in [2.05, 4.69) is 25.3 Å². The van der Waals surface area contributed by atoms with Gasteiger partial charge in [0.05, 0.1) is 5.69 Å². The molecule has 0 saturated carbocycles. The van der Waals surface area contributed by atoms with Crippen LogP contribution in [0.4, 0.5) is 24.1 Å². The lowest BCUT2D eigenvalue weighted by molar-refractivity contribution is -0.0489. The molecule has 1 aliphatic heterocycles. The van der Waals surface area contributed by atoms with E-state index in [0.29, 0.717) is 50.3 Å². The number of hydrogen-bond acceptors (Lipinski definition) is 6. The van der Waals surface area contributed by atoms with Gasteiger partial charge >= 0.3 is 18.7 Å². The summed E-state index contributed by atoms with van der Waals surface area (Å²) in [4.78, 5) is 32.4. The fourth-order valence-electron chi connectivity index (χ4n) is 3.42. The molecule has 1 saturated heterocycles. The van der Waals surface area contributed by atoms with Crippen LogP contribution in [0.3, 0.4) is 0 Å². The zero-order chi connectivity index (χ0) is 24.0.